The van der Waals surface area contributed by atoms with Gasteiger partial charge in [0.15, 0.2) is 0 Å². The minimum absolute atomic E-state index is 0.180. The van der Waals surface area contributed by atoms with Crippen molar-refractivity contribution in [1.82, 2.24) is 0 Å². The Morgan fingerprint density at radius 1 is 0.875 bits per heavy atom. The van der Waals surface area contributed by atoms with Gasteiger partial charge >= 0.3 is 11.9 Å². The molecule has 0 bridgehead atoms. The average Bonchev–Trinajstić information content (AvgIpc) is 2.82. The molecule has 0 aliphatic heterocycles. The predicted molar refractivity (Wildman–Crippen MR) is 112 cm³/mol. The highest BCUT2D eigenvalue weighted by Crippen LogP contribution is 2.31. The molecule has 10 heteroatoms. The molecule has 0 saturated carbocycles. The van der Waals surface area contributed by atoms with Gasteiger partial charge in [-0.25, -0.2) is 18.0 Å². The summed E-state index contributed by atoms with van der Waals surface area (Å²) >= 11 is 0. The van der Waals surface area contributed by atoms with Gasteiger partial charge in [0.1, 0.15) is 11.5 Å². The highest BCUT2D eigenvalue weighted by atomic mass is 32.2. The molecule has 0 heterocycles. The Labute approximate surface area is 183 Å². The van der Waals surface area contributed by atoms with Crippen LogP contribution in [0.25, 0.3) is 0 Å². The number of hydrogen-bond acceptors (Lipinski definition) is 8. The van der Waals surface area contributed by atoms with Crippen molar-refractivity contribution in [1.29, 1.82) is 0 Å². The van der Waals surface area contributed by atoms with Crippen molar-refractivity contribution in [2.45, 2.75) is 16.4 Å². The van der Waals surface area contributed by atoms with Crippen LogP contribution < -0.4 is 0 Å². The third-order valence-corrected chi connectivity index (χ3v) is 6.35. The first kappa shape index (κ1) is 22.6. The smallest absolute Gasteiger partial charge is 0.339 e. The summed E-state index contributed by atoms with van der Waals surface area (Å²) < 4.78 is 36.1. The third-order valence-electron chi connectivity index (χ3n) is 4.49. The Morgan fingerprint density at radius 2 is 1.47 bits per heavy atom. The number of methoxy groups -OCH3 is 1. The zero-order valence-corrected chi connectivity index (χ0v) is 17.6. The van der Waals surface area contributed by atoms with Gasteiger partial charge in [0.25, 0.3) is 5.69 Å². The van der Waals surface area contributed by atoms with E-state index in [0.717, 1.165) is 12.1 Å². The molecule has 164 valence electrons. The molecule has 0 fully saturated rings. The molecule has 3 aromatic carbocycles. The Bertz CT molecular complexity index is 1280. The molecule has 0 amide bonds. The summed E-state index contributed by atoms with van der Waals surface area (Å²) in [5, 5.41) is 11.3. The van der Waals surface area contributed by atoms with Gasteiger partial charge in [0, 0.05) is 6.07 Å². The summed E-state index contributed by atoms with van der Waals surface area (Å²) in [4.78, 5) is 33.7. The van der Waals surface area contributed by atoms with Crippen molar-refractivity contribution < 1.29 is 32.4 Å². The predicted octanol–water partition coefficient (Wildman–Crippen LogP) is 3.57. The maximum absolute atomic E-state index is 13.1. The fourth-order valence-corrected chi connectivity index (χ4v) is 4.52. The summed E-state index contributed by atoms with van der Waals surface area (Å²) in [5.74, 6) is -1.43. The molecule has 3 rings (SSSR count). The number of para-hydroxylation sites is 1. The van der Waals surface area contributed by atoms with Crippen LogP contribution in [0.1, 0.15) is 26.3 Å². The molecule has 0 radical (unpaired) electrons. The number of ether oxygens (including phenoxy) is 2. The van der Waals surface area contributed by atoms with E-state index in [9.17, 15) is 28.1 Å². The van der Waals surface area contributed by atoms with E-state index in [0.29, 0.717) is 11.1 Å². The zero-order chi connectivity index (χ0) is 23.3. The van der Waals surface area contributed by atoms with Crippen LogP contribution in [0.3, 0.4) is 0 Å². The van der Waals surface area contributed by atoms with E-state index in [2.05, 4.69) is 4.74 Å². The van der Waals surface area contributed by atoms with Gasteiger partial charge in [0.2, 0.25) is 9.84 Å². The van der Waals surface area contributed by atoms with Crippen molar-refractivity contribution >= 4 is 27.5 Å². The summed E-state index contributed by atoms with van der Waals surface area (Å²) in [6, 6.07) is 16.4. The number of rotatable bonds is 7. The molecule has 32 heavy (non-hydrogen) atoms. The average molecular weight is 455 g/mol. The Balaban J connectivity index is 1.87. The molecular formula is C22H17NO8S. The maximum atomic E-state index is 13.1. The standard InChI is InChI=1S/C22H17NO8S/c1-30-21(24)16-12-10-15(11-13-16)14-31-22(25)17-6-2-4-8-19(17)32(28,29)20-9-5-3-7-18(20)23(26)27/h2-13H,14H2,1H3. The SMILES string of the molecule is COC(=O)c1ccc(COC(=O)c2ccccc2S(=O)(=O)c2ccccc2[N+](=O)[O-])cc1. The van der Waals surface area contributed by atoms with E-state index in [1.807, 2.05) is 0 Å². The van der Waals surface area contributed by atoms with Crippen molar-refractivity contribution in [3.63, 3.8) is 0 Å². The molecule has 0 N–H and O–H groups in total. The van der Waals surface area contributed by atoms with Crippen molar-refractivity contribution in [3.8, 4) is 0 Å². The van der Waals surface area contributed by atoms with Crippen molar-refractivity contribution in [2.24, 2.45) is 0 Å². The molecule has 0 unspecified atom stereocenters. The normalized spacial score (nSPS) is 10.9. The summed E-state index contributed by atoms with van der Waals surface area (Å²) in [7, 11) is -3.13. The van der Waals surface area contributed by atoms with Crippen LogP contribution in [0, 0.1) is 10.1 Å². The number of carbonyl (C=O) groups is 2. The Kier molecular flexibility index (Phi) is 6.64. The van der Waals surface area contributed by atoms with Crippen molar-refractivity contribution in [2.75, 3.05) is 7.11 Å². The second-order valence-corrected chi connectivity index (χ2v) is 8.38. The van der Waals surface area contributed by atoms with Crippen LogP contribution in [0.4, 0.5) is 5.69 Å². The van der Waals surface area contributed by atoms with E-state index in [1.54, 1.807) is 12.1 Å². The Hall–Kier alpha value is -4.05. The molecular weight excluding hydrogens is 438 g/mol. The maximum Gasteiger partial charge on any atom is 0.339 e. The number of benzene rings is 3. The second kappa shape index (κ2) is 9.40. The fourth-order valence-electron chi connectivity index (χ4n) is 2.90. The van der Waals surface area contributed by atoms with E-state index >= 15 is 0 Å². The minimum atomic E-state index is -4.39. The van der Waals surface area contributed by atoms with E-state index in [-0.39, 0.29) is 12.2 Å². The van der Waals surface area contributed by atoms with Gasteiger partial charge in [-0.05, 0) is 35.9 Å². The lowest BCUT2D eigenvalue weighted by molar-refractivity contribution is -0.387. The second-order valence-electron chi connectivity index (χ2n) is 6.49. The van der Waals surface area contributed by atoms with E-state index in [4.69, 9.17) is 4.74 Å². The highest BCUT2D eigenvalue weighted by Gasteiger charge is 2.31. The number of nitro benzene ring substituents is 1. The quantitative estimate of drug-likeness (QED) is 0.300. The first-order chi connectivity index (χ1) is 15.3. The van der Waals surface area contributed by atoms with Crippen LogP contribution in [0.2, 0.25) is 0 Å². The van der Waals surface area contributed by atoms with Crippen LogP contribution >= 0.6 is 0 Å². The zero-order valence-electron chi connectivity index (χ0n) is 16.8. The van der Waals surface area contributed by atoms with Gasteiger partial charge in [-0.15, -0.1) is 0 Å². The van der Waals surface area contributed by atoms with Gasteiger partial charge in [-0.3, -0.25) is 10.1 Å². The number of carbonyl (C=O) groups excluding carboxylic acids is 2. The molecule has 9 nitrogen and oxygen atoms in total. The number of nitro groups is 1. The molecule has 0 saturated heterocycles. The van der Waals surface area contributed by atoms with E-state index < -0.39 is 42.2 Å². The van der Waals surface area contributed by atoms with Gasteiger partial charge in [-0.1, -0.05) is 36.4 Å². The van der Waals surface area contributed by atoms with Gasteiger partial charge in [-0.2, -0.15) is 0 Å². The van der Waals surface area contributed by atoms with Gasteiger partial charge in [0.05, 0.1) is 28.1 Å². The minimum Gasteiger partial charge on any atom is -0.465 e. The monoisotopic (exact) mass is 455 g/mol. The summed E-state index contributed by atoms with van der Waals surface area (Å²) in [6.45, 7) is -0.180. The fraction of sp³-hybridized carbons (Fsp3) is 0.0909. The number of esters is 2. The lowest BCUT2D eigenvalue weighted by atomic mass is 10.1. The first-order valence-electron chi connectivity index (χ1n) is 9.17. The lowest BCUT2D eigenvalue weighted by Gasteiger charge is -2.11. The largest absolute Gasteiger partial charge is 0.465 e. The first-order valence-corrected chi connectivity index (χ1v) is 10.7. The van der Waals surface area contributed by atoms with Crippen LogP contribution in [0.15, 0.2) is 82.6 Å². The number of sulfone groups is 1. The molecule has 0 atom stereocenters. The third kappa shape index (κ3) is 4.65. The Morgan fingerprint density at radius 3 is 2.09 bits per heavy atom. The summed E-state index contributed by atoms with van der Waals surface area (Å²) in [5.41, 5.74) is 0.0340. The van der Waals surface area contributed by atoms with Crippen LogP contribution in [-0.2, 0) is 25.9 Å². The molecule has 3 aromatic rings. The highest BCUT2D eigenvalue weighted by molar-refractivity contribution is 7.91. The number of hydrogen-bond donors (Lipinski definition) is 0. The van der Waals surface area contributed by atoms with Crippen LogP contribution in [-0.4, -0.2) is 32.4 Å². The van der Waals surface area contributed by atoms with Crippen molar-refractivity contribution in [3.05, 3.63) is 99.6 Å². The molecule has 0 aromatic heterocycles. The topological polar surface area (TPSA) is 130 Å². The van der Waals surface area contributed by atoms with E-state index in [1.165, 1.54) is 55.6 Å². The summed E-state index contributed by atoms with van der Waals surface area (Å²) in [6.07, 6.45) is 0. The lowest BCUT2D eigenvalue weighted by Crippen LogP contribution is -2.13. The molecule has 0 aliphatic rings. The van der Waals surface area contributed by atoms with Crippen LogP contribution in [0.5, 0.6) is 0 Å². The molecule has 0 spiro atoms. The molecule has 0 aliphatic carbocycles. The number of nitrogens with zero attached hydrogens (tertiary/aromatic N) is 1. The van der Waals surface area contributed by atoms with Gasteiger partial charge < -0.3 is 9.47 Å².